The first-order valence-corrected chi connectivity index (χ1v) is 8.22. The fourth-order valence-electron chi connectivity index (χ4n) is 3.38. The second-order valence-electron chi connectivity index (χ2n) is 6.14. The number of carbonyl (C=O) groups excluding carboxylic acids is 1. The zero-order chi connectivity index (χ0) is 16.5. The molecule has 0 bridgehead atoms. The number of para-hydroxylation sites is 1. The average molecular weight is 328 g/mol. The molecule has 3 heterocycles. The average Bonchev–Trinajstić information content (AvgIpc) is 3.22. The van der Waals surface area contributed by atoms with E-state index < -0.39 is 0 Å². The van der Waals surface area contributed by atoms with Crippen molar-refractivity contribution in [3.05, 3.63) is 41.6 Å². The lowest BCUT2D eigenvalue weighted by atomic mass is 10.2. The van der Waals surface area contributed by atoms with E-state index in [-0.39, 0.29) is 11.9 Å². The Morgan fingerprint density at radius 1 is 1.29 bits per heavy atom. The Bertz CT molecular complexity index is 745. The topological polar surface area (TPSA) is 71.7 Å². The summed E-state index contributed by atoms with van der Waals surface area (Å²) >= 11 is 0. The number of anilines is 1. The van der Waals surface area contributed by atoms with E-state index in [1.807, 2.05) is 12.1 Å². The second kappa shape index (κ2) is 6.24. The molecule has 2 aliphatic rings. The number of hydrogen-bond acceptors (Lipinski definition) is 6. The van der Waals surface area contributed by atoms with Crippen LogP contribution in [-0.4, -0.2) is 53.9 Å². The van der Waals surface area contributed by atoms with Crippen LogP contribution in [-0.2, 0) is 16.0 Å². The smallest absolute Gasteiger partial charge is 0.242 e. The van der Waals surface area contributed by atoms with Crippen molar-refractivity contribution in [3.63, 3.8) is 0 Å². The molecule has 0 spiro atoms. The quantitative estimate of drug-likeness (QED) is 0.847. The van der Waals surface area contributed by atoms with E-state index in [1.165, 1.54) is 5.56 Å². The molecule has 7 heteroatoms. The highest BCUT2D eigenvalue weighted by Crippen LogP contribution is 2.28. The molecule has 1 aromatic heterocycles. The van der Waals surface area contributed by atoms with Crippen LogP contribution in [0.25, 0.3) is 0 Å². The minimum absolute atomic E-state index is 0.0656. The maximum atomic E-state index is 12.9. The molecule has 126 valence electrons. The highest BCUT2D eigenvalue weighted by molar-refractivity contribution is 5.83. The molecular formula is C17H20N4O3. The molecule has 1 amide bonds. The molecule has 1 unspecified atom stereocenters. The Hall–Kier alpha value is -2.41. The Labute approximate surface area is 140 Å². The Kier molecular flexibility index (Phi) is 3.93. The number of aromatic nitrogens is 2. The van der Waals surface area contributed by atoms with E-state index in [0.717, 1.165) is 18.7 Å². The first-order chi connectivity index (χ1) is 11.7. The molecule has 1 atom stereocenters. The lowest BCUT2D eigenvalue weighted by Gasteiger charge is -2.34. The molecular weight excluding hydrogens is 308 g/mol. The van der Waals surface area contributed by atoms with Gasteiger partial charge in [-0.3, -0.25) is 4.79 Å². The van der Waals surface area contributed by atoms with Gasteiger partial charge in [-0.05, 0) is 18.1 Å². The largest absolute Gasteiger partial charge is 0.423 e. The maximum Gasteiger partial charge on any atom is 0.242 e. The third-order valence-corrected chi connectivity index (χ3v) is 4.59. The summed E-state index contributed by atoms with van der Waals surface area (Å²) in [4.78, 5) is 16.8. The minimum Gasteiger partial charge on any atom is -0.423 e. The predicted molar refractivity (Wildman–Crippen MR) is 86.7 cm³/mol. The van der Waals surface area contributed by atoms with Crippen LogP contribution < -0.4 is 4.90 Å². The zero-order valence-corrected chi connectivity index (χ0v) is 13.6. The van der Waals surface area contributed by atoms with Gasteiger partial charge < -0.3 is 19.0 Å². The van der Waals surface area contributed by atoms with E-state index in [2.05, 4.69) is 27.2 Å². The minimum atomic E-state index is -0.301. The van der Waals surface area contributed by atoms with Crippen molar-refractivity contribution in [2.75, 3.05) is 37.7 Å². The molecule has 24 heavy (non-hydrogen) atoms. The number of fused-ring (bicyclic) bond motifs is 1. The van der Waals surface area contributed by atoms with Crippen LogP contribution >= 0.6 is 0 Å². The summed E-state index contributed by atoms with van der Waals surface area (Å²) in [6, 6.07) is 7.96. The molecule has 1 aromatic carbocycles. The van der Waals surface area contributed by atoms with E-state index in [1.54, 1.807) is 11.8 Å². The molecule has 0 saturated carbocycles. The van der Waals surface area contributed by atoms with Crippen molar-refractivity contribution in [1.29, 1.82) is 0 Å². The van der Waals surface area contributed by atoms with Gasteiger partial charge in [-0.2, -0.15) is 0 Å². The molecule has 1 saturated heterocycles. The van der Waals surface area contributed by atoms with Crippen LogP contribution in [0.5, 0.6) is 0 Å². The zero-order valence-electron chi connectivity index (χ0n) is 13.6. The van der Waals surface area contributed by atoms with Gasteiger partial charge in [0.25, 0.3) is 0 Å². The van der Waals surface area contributed by atoms with Crippen molar-refractivity contribution in [3.8, 4) is 0 Å². The highest BCUT2D eigenvalue weighted by Gasteiger charge is 2.33. The summed E-state index contributed by atoms with van der Waals surface area (Å²) in [5.74, 6) is 1.01. The summed E-state index contributed by atoms with van der Waals surface area (Å²) in [5.41, 5.74) is 2.46. The number of benzene rings is 1. The molecule has 7 nitrogen and oxygen atoms in total. The van der Waals surface area contributed by atoms with E-state index >= 15 is 0 Å². The molecule has 1 fully saturated rings. The number of amides is 1. The number of rotatable bonds is 3. The third-order valence-electron chi connectivity index (χ3n) is 4.59. The van der Waals surface area contributed by atoms with Gasteiger partial charge >= 0.3 is 0 Å². The van der Waals surface area contributed by atoms with Crippen LogP contribution in [0, 0.1) is 6.92 Å². The number of hydrogen-bond donors (Lipinski definition) is 0. The number of morpholine rings is 1. The van der Waals surface area contributed by atoms with Crippen molar-refractivity contribution < 1.29 is 13.9 Å². The van der Waals surface area contributed by atoms with E-state index in [4.69, 9.17) is 9.15 Å². The van der Waals surface area contributed by atoms with Crippen molar-refractivity contribution in [1.82, 2.24) is 15.1 Å². The summed E-state index contributed by atoms with van der Waals surface area (Å²) in [5, 5.41) is 7.93. The summed E-state index contributed by atoms with van der Waals surface area (Å²) in [6.07, 6.45) is 0.985. The Balaban J connectivity index is 1.50. The monoisotopic (exact) mass is 328 g/mol. The van der Waals surface area contributed by atoms with Gasteiger partial charge in [0.2, 0.25) is 17.7 Å². The van der Waals surface area contributed by atoms with Crippen molar-refractivity contribution in [2.45, 2.75) is 19.4 Å². The first kappa shape index (κ1) is 15.1. The van der Waals surface area contributed by atoms with Crippen molar-refractivity contribution in [2.24, 2.45) is 0 Å². The third kappa shape index (κ3) is 2.75. The van der Waals surface area contributed by atoms with Gasteiger partial charge in [0.05, 0.1) is 19.8 Å². The second-order valence-corrected chi connectivity index (χ2v) is 6.14. The van der Waals surface area contributed by atoms with Crippen LogP contribution in [0.3, 0.4) is 0 Å². The van der Waals surface area contributed by atoms with Crippen LogP contribution in [0.2, 0.25) is 0 Å². The summed E-state index contributed by atoms with van der Waals surface area (Å²) in [6.45, 7) is 4.45. The van der Waals surface area contributed by atoms with Crippen LogP contribution in [0.1, 0.15) is 23.4 Å². The summed E-state index contributed by atoms with van der Waals surface area (Å²) < 4.78 is 11.0. The van der Waals surface area contributed by atoms with Gasteiger partial charge in [0.1, 0.15) is 6.04 Å². The van der Waals surface area contributed by atoms with Gasteiger partial charge in [-0.1, -0.05) is 18.2 Å². The number of aryl methyl sites for hydroxylation is 1. The Morgan fingerprint density at radius 3 is 3.00 bits per heavy atom. The molecule has 2 aliphatic heterocycles. The number of carbonyl (C=O) groups is 1. The van der Waals surface area contributed by atoms with Gasteiger partial charge in [0, 0.05) is 25.7 Å². The van der Waals surface area contributed by atoms with Gasteiger partial charge in [-0.25, -0.2) is 0 Å². The SMILES string of the molecule is Cc1nnc(C2COCCN2C(=O)CN2CCc3ccccc32)o1. The molecule has 0 N–H and O–H groups in total. The van der Waals surface area contributed by atoms with Crippen molar-refractivity contribution >= 4 is 11.6 Å². The lowest BCUT2D eigenvalue weighted by Crippen LogP contribution is -2.47. The number of nitrogens with zero attached hydrogens (tertiary/aromatic N) is 4. The van der Waals surface area contributed by atoms with E-state index in [9.17, 15) is 4.79 Å². The van der Waals surface area contributed by atoms with Gasteiger partial charge in [0.15, 0.2) is 0 Å². The fraction of sp³-hybridized carbons (Fsp3) is 0.471. The summed E-state index contributed by atoms with van der Waals surface area (Å²) in [7, 11) is 0. The normalized spacial score (nSPS) is 20.3. The lowest BCUT2D eigenvalue weighted by molar-refractivity contribution is -0.139. The first-order valence-electron chi connectivity index (χ1n) is 8.22. The fourth-order valence-corrected chi connectivity index (χ4v) is 3.38. The molecule has 0 radical (unpaired) electrons. The van der Waals surface area contributed by atoms with Crippen LogP contribution in [0.15, 0.2) is 28.7 Å². The molecule has 0 aliphatic carbocycles. The highest BCUT2D eigenvalue weighted by atomic mass is 16.5. The standard InChI is InChI=1S/C17H20N4O3/c1-12-18-19-17(24-12)15-11-23-9-8-21(15)16(22)10-20-7-6-13-4-2-3-5-14(13)20/h2-5,15H,6-11H2,1H3. The maximum absolute atomic E-state index is 12.9. The van der Waals surface area contributed by atoms with Gasteiger partial charge in [-0.15, -0.1) is 10.2 Å². The molecule has 4 rings (SSSR count). The predicted octanol–water partition coefficient (Wildman–Crippen LogP) is 1.34. The Morgan fingerprint density at radius 2 is 2.17 bits per heavy atom. The molecule has 2 aromatic rings. The van der Waals surface area contributed by atoms with E-state index in [0.29, 0.717) is 38.1 Å². The number of ether oxygens (including phenoxy) is 1. The van der Waals surface area contributed by atoms with Crippen LogP contribution in [0.4, 0.5) is 5.69 Å².